The molecule has 5 heteroatoms. The van der Waals surface area contributed by atoms with Crippen molar-refractivity contribution in [2.75, 3.05) is 7.11 Å². The van der Waals surface area contributed by atoms with Crippen molar-refractivity contribution in [3.05, 3.63) is 41.7 Å². The van der Waals surface area contributed by atoms with E-state index in [9.17, 15) is 4.79 Å². The zero-order valence-electron chi connectivity index (χ0n) is 12.5. The van der Waals surface area contributed by atoms with E-state index in [-0.39, 0.29) is 5.91 Å². The maximum absolute atomic E-state index is 12.1. The van der Waals surface area contributed by atoms with Crippen molar-refractivity contribution in [2.24, 2.45) is 5.92 Å². The van der Waals surface area contributed by atoms with Gasteiger partial charge in [0.05, 0.1) is 7.11 Å². The van der Waals surface area contributed by atoms with Crippen molar-refractivity contribution < 1.29 is 9.53 Å². The van der Waals surface area contributed by atoms with Crippen LogP contribution in [0, 0.1) is 12.8 Å². The molecule has 1 aliphatic rings. The van der Waals surface area contributed by atoms with Gasteiger partial charge in [-0.1, -0.05) is 13.0 Å². The van der Waals surface area contributed by atoms with Gasteiger partial charge in [0.1, 0.15) is 11.4 Å². The minimum atomic E-state index is -0.116. The Balaban J connectivity index is 1.84. The van der Waals surface area contributed by atoms with Crippen molar-refractivity contribution >= 4 is 5.91 Å². The molecule has 1 aliphatic carbocycles. The van der Waals surface area contributed by atoms with Crippen molar-refractivity contribution in [1.29, 1.82) is 0 Å². The molecule has 0 bridgehead atoms. The smallest absolute Gasteiger partial charge is 0.272 e. The van der Waals surface area contributed by atoms with Gasteiger partial charge in [0.15, 0.2) is 5.69 Å². The summed E-state index contributed by atoms with van der Waals surface area (Å²) in [6.07, 6.45) is 2.83. The Hall–Kier alpha value is -2.30. The largest absolute Gasteiger partial charge is 0.494 e. The number of carbonyl (C=O) groups excluding carboxylic acids is 1. The Kier molecular flexibility index (Phi) is 3.41. The molecular formula is C16H19N3O2. The van der Waals surface area contributed by atoms with Crippen LogP contribution >= 0.6 is 0 Å². The maximum atomic E-state index is 12.1. The first-order chi connectivity index (χ1) is 10.1. The molecule has 0 saturated heterocycles. The lowest BCUT2D eigenvalue weighted by Gasteiger charge is -2.09. The third-order valence-corrected chi connectivity index (χ3v) is 3.83. The summed E-state index contributed by atoms with van der Waals surface area (Å²) in [7, 11) is 1.62. The fraction of sp³-hybridized carbons (Fsp3) is 0.375. The minimum Gasteiger partial charge on any atom is -0.494 e. The van der Waals surface area contributed by atoms with Crippen LogP contribution in [-0.2, 0) is 0 Å². The van der Waals surface area contributed by atoms with E-state index < -0.39 is 0 Å². The molecule has 2 aromatic rings. The number of aromatic nitrogens is 2. The molecule has 21 heavy (non-hydrogen) atoms. The number of ether oxygens (including phenoxy) is 1. The fourth-order valence-electron chi connectivity index (χ4n) is 2.32. The van der Waals surface area contributed by atoms with Gasteiger partial charge in [-0.15, -0.1) is 0 Å². The molecule has 0 aliphatic heterocycles. The SMILES string of the molecule is COc1ccc(C)cc1-n1ccc(C(=O)NC2CC2C)n1. The maximum Gasteiger partial charge on any atom is 0.272 e. The van der Waals surface area contributed by atoms with E-state index in [2.05, 4.69) is 17.3 Å². The molecule has 1 aromatic heterocycles. The monoisotopic (exact) mass is 285 g/mol. The van der Waals surface area contributed by atoms with E-state index in [0.717, 1.165) is 23.4 Å². The molecule has 0 radical (unpaired) electrons. The van der Waals surface area contributed by atoms with Crippen LogP contribution in [0.5, 0.6) is 5.75 Å². The van der Waals surface area contributed by atoms with Gasteiger partial charge in [-0.3, -0.25) is 4.79 Å². The van der Waals surface area contributed by atoms with Crippen LogP contribution < -0.4 is 10.1 Å². The summed E-state index contributed by atoms with van der Waals surface area (Å²) in [5.41, 5.74) is 2.37. The minimum absolute atomic E-state index is 0.116. The first kappa shape index (κ1) is 13.7. The fourth-order valence-corrected chi connectivity index (χ4v) is 2.32. The first-order valence-corrected chi connectivity index (χ1v) is 7.10. The van der Waals surface area contributed by atoms with Gasteiger partial charge in [-0.05, 0) is 43.0 Å². The van der Waals surface area contributed by atoms with Gasteiger partial charge in [0, 0.05) is 12.2 Å². The summed E-state index contributed by atoms with van der Waals surface area (Å²) in [6.45, 7) is 4.13. The second kappa shape index (κ2) is 5.24. The summed E-state index contributed by atoms with van der Waals surface area (Å²) in [5, 5.41) is 7.34. The molecule has 1 aromatic carbocycles. The number of nitrogens with zero attached hydrogens (tertiary/aromatic N) is 2. The lowest BCUT2D eigenvalue weighted by atomic mass is 10.2. The second-order valence-electron chi connectivity index (χ2n) is 5.61. The lowest BCUT2D eigenvalue weighted by Crippen LogP contribution is -2.27. The molecule has 0 spiro atoms. The summed E-state index contributed by atoms with van der Waals surface area (Å²) in [5.74, 6) is 1.19. The number of benzene rings is 1. The van der Waals surface area contributed by atoms with Gasteiger partial charge < -0.3 is 10.1 Å². The predicted molar refractivity (Wildman–Crippen MR) is 79.9 cm³/mol. The molecule has 1 fully saturated rings. The Morgan fingerprint density at radius 2 is 2.19 bits per heavy atom. The van der Waals surface area contributed by atoms with Crippen LogP contribution in [0.2, 0.25) is 0 Å². The zero-order valence-corrected chi connectivity index (χ0v) is 12.5. The van der Waals surface area contributed by atoms with Gasteiger partial charge in [-0.25, -0.2) is 4.68 Å². The number of amides is 1. The Labute approximate surface area is 123 Å². The highest BCUT2D eigenvalue weighted by Crippen LogP contribution is 2.29. The number of nitrogens with one attached hydrogen (secondary N) is 1. The number of rotatable bonds is 4. The van der Waals surface area contributed by atoms with Crippen LogP contribution in [0.1, 0.15) is 29.4 Å². The highest BCUT2D eigenvalue weighted by atomic mass is 16.5. The average molecular weight is 285 g/mol. The van der Waals surface area contributed by atoms with Crippen LogP contribution in [0.25, 0.3) is 5.69 Å². The average Bonchev–Trinajstić information content (AvgIpc) is 2.97. The summed E-state index contributed by atoms with van der Waals surface area (Å²) in [4.78, 5) is 12.1. The zero-order chi connectivity index (χ0) is 15.0. The summed E-state index contributed by atoms with van der Waals surface area (Å²) >= 11 is 0. The molecule has 3 rings (SSSR count). The van der Waals surface area contributed by atoms with Crippen molar-refractivity contribution in [3.8, 4) is 11.4 Å². The Morgan fingerprint density at radius 3 is 2.86 bits per heavy atom. The predicted octanol–water partition coefficient (Wildman–Crippen LogP) is 2.33. The molecule has 1 heterocycles. The third-order valence-electron chi connectivity index (χ3n) is 3.83. The Morgan fingerprint density at radius 1 is 1.43 bits per heavy atom. The highest BCUT2D eigenvalue weighted by Gasteiger charge is 2.34. The molecule has 1 amide bonds. The van der Waals surface area contributed by atoms with E-state index in [1.165, 1.54) is 0 Å². The second-order valence-corrected chi connectivity index (χ2v) is 5.61. The third kappa shape index (κ3) is 2.77. The number of carbonyl (C=O) groups is 1. The molecule has 2 unspecified atom stereocenters. The summed E-state index contributed by atoms with van der Waals surface area (Å²) in [6, 6.07) is 7.89. The molecule has 1 saturated carbocycles. The standard InChI is InChI=1S/C16H19N3O2/c1-10-4-5-15(21-3)14(8-10)19-7-6-12(18-19)16(20)17-13-9-11(13)2/h4-8,11,13H,9H2,1-3H3,(H,17,20). The van der Waals surface area contributed by atoms with E-state index in [0.29, 0.717) is 17.7 Å². The normalized spacial score (nSPS) is 20.1. The van der Waals surface area contributed by atoms with E-state index in [4.69, 9.17) is 4.74 Å². The quantitative estimate of drug-likeness (QED) is 0.938. The lowest BCUT2D eigenvalue weighted by molar-refractivity contribution is 0.0944. The number of aryl methyl sites for hydroxylation is 1. The highest BCUT2D eigenvalue weighted by molar-refractivity contribution is 5.92. The van der Waals surface area contributed by atoms with Gasteiger partial charge in [0.2, 0.25) is 0 Å². The van der Waals surface area contributed by atoms with E-state index >= 15 is 0 Å². The molecule has 2 atom stereocenters. The summed E-state index contributed by atoms with van der Waals surface area (Å²) < 4.78 is 7.03. The molecule has 110 valence electrons. The van der Waals surface area contributed by atoms with Crippen molar-refractivity contribution in [1.82, 2.24) is 15.1 Å². The topological polar surface area (TPSA) is 56.1 Å². The van der Waals surface area contributed by atoms with Crippen LogP contribution in [0.4, 0.5) is 0 Å². The number of hydrogen-bond acceptors (Lipinski definition) is 3. The van der Waals surface area contributed by atoms with E-state index in [1.54, 1.807) is 24.1 Å². The molecule has 1 N–H and O–H groups in total. The van der Waals surface area contributed by atoms with Crippen molar-refractivity contribution in [3.63, 3.8) is 0 Å². The number of methoxy groups -OCH3 is 1. The van der Waals surface area contributed by atoms with Crippen molar-refractivity contribution in [2.45, 2.75) is 26.3 Å². The van der Waals surface area contributed by atoms with E-state index in [1.807, 2.05) is 25.1 Å². The molecule has 5 nitrogen and oxygen atoms in total. The molecular weight excluding hydrogens is 266 g/mol. The van der Waals surface area contributed by atoms with Gasteiger partial charge in [-0.2, -0.15) is 5.10 Å². The van der Waals surface area contributed by atoms with Crippen LogP contribution in [-0.4, -0.2) is 28.8 Å². The van der Waals surface area contributed by atoms with Crippen LogP contribution in [0.3, 0.4) is 0 Å². The number of hydrogen-bond donors (Lipinski definition) is 1. The Bertz CT molecular complexity index is 678. The van der Waals surface area contributed by atoms with Gasteiger partial charge in [0.25, 0.3) is 5.91 Å². The van der Waals surface area contributed by atoms with Crippen LogP contribution in [0.15, 0.2) is 30.5 Å². The first-order valence-electron chi connectivity index (χ1n) is 7.10. The van der Waals surface area contributed by atoms with Gasteiger partial charge >= 0.3 is 0 Å².